The molecule has 1 aliphatic heterocycles. The van der Waals surface area contributed by atoms with E-state index < -0.39 is 0 Å². The summed E-state index contributed by atoms with van der Waals surface area (Å²) < 4.78 is 15.8. The van der Waals surface area contributed by atoms with Gasteiger partial charge in [0.1, 0.15) is 0 Å². The van der Waals surface area contributed by atoms with E-state index in [1.165, 1.54) is 7.11 Å². The monoisotopic (exact) mass is 386 g/mol. The van der Waals surface area contributed by atoms with Gasteiger partial charge in [0.25, 0.3) is 0 Å². The van der Waals surface area contributed by atoms with E-state index in [2.05, 4.69) is 20.7 Å². The minimum Gasteiger partial charge on any atom is -0.493 e. The van der Waals surface area contributed by atoms with Crippen LogP contribution in [0.3, 0.4) is 0 Å². The first-order valence-electron chi connectivity index (χ1n) is 7.93. The molecule has 0 spiro atoms. The van der Waals surface area contributed by atoms with E-state index in [1.54, 1.807) is 25.5 Å². The van der Waals surface area contributed by atoms with Crippen LogP contribution in [0.1, 0.15) is 5.56 Å². The largest absolute Gasteiger partial charge is 0.493 e. The minimum atomic E-state index is 0.429. The highest BCUT2D eigenvalue weighted by Gasteiger charge is 2.12. The number of halogens is 1. The van der Waals surface area contributed by atoms with Crippen molar-refractivity contribution in [3.05, 3.63) is 22.7 Å². The molecule has 138 valence electrons. The Balaban J connectivity index is 1.79. The van der Waals surface area contributed by atoms with Crippen LogP contribution in [0.15, 0.2) is 17.2 Å². The Labute approximate surface area is 158 Å². The molecule has 1 aliphatic rings. The van der Waals surface area contributed by atoms with Crippen LogP contribution in [0.25, 0.3) is 0 Å². The highest BCUT2D eigenvalue weighted by Crippen LogP contribution is 2.36. The molecule has 0 aliphatic carbocycles. The summed E-state index contributed by atoms with van der Waals surface area (Å²) in [5, 5.41) is 8.11. The van der Waals surface area contributed by atoms with Crippen LogP contribution in [0.5, 0.6) is 11.5 Å². The Morgan fingerprint density at radius 1 is 1.36 bits per heavy atom. The van der Waals surface area contributed by atoms with Gasteiger partial charge in [0.05, 0.1) is 38.7 Å². The fraction of sp³-hybridized carbons (Fsp3) is 0.500. The van der Waals surface area contributed by atoms with E-state index in [0.717, 1.165) is 39.4 Å². The normalized spacial score (nSPS) is 15.2. The van der Waals surface area contributed by atoms with Gasteiger partial charge in [-0.3, -0.25) is 10.3 Å². The maximum Gasteiger partial charge on any atom is 0.187 e. The van der Waals surface area contributed by atoms with Gasteiger partial charge in [-0.2, -0.15) is 5.10 Å². The lowest BCUT2D eigenvalue weighted by Gasteiger charge is -2.26. The Hall–Kier alpha value is -1.61. The fourth-order valence-electron chi connectivity index (χ4n) is 2.36. The van der Waals surface area contributed by atoms with Crippen LogP contribution >= 0.6 is 23.8 Å². The van der Waals surface area contributed by atoms with Crippen molar-refractivity contribution in [3.8, 4) is 11.5 Å². The molecule has 7 nitrogen and oxygen atoms in total. The Kier molecular flexibility index (Phi) is 8.20. The summed E-state index contributed by atoms with van der Waals surface area (Å²) in [7, 11) is 3.10. The van der Waals surface area contributed by atoms with Crippen molar-refractivity contribution in [2.24, 2.45) is 5.10 Å². The lowest BCUT2D eigenvalue weighted by atomic mass is 10.2. The minimum absolute atomic E-state index is 0.429. The predicted molar refractivity (Wildman–Crippen MR) is 103 cm³/mol. The number of methoxy groups -OCH3 is 2. The van der Waals surface area contributed by atoms with Crippen molar-refractivity contribution in [2.75, 3.05) is 53.6 Å². The number of ether oxygens (including phenoxy) is 3. The number of morpholine rings is 1. The molecule has 2 rings (SSSR count). The molecule has 1 saturated heterocycles. The summed E-state index contributed by atoms with van der Waals surface area (Å²) in [5.41, 5.74) is 3.48. The summed E-state index contributed by atoms with van der Waals surface area (Å²) >= 11 is 11.5. The predicted octanol–water partition coefficient (Wildman–Crippen LogP) is 1.49. The molecule has 0 radical (unpaired) electrons. The SMILES string of the molecule is COc1ccc(/C=N/NC(=S)NCCN2CCOCC2)c(Cl)c1OC. The summed E-state index contributed by atoms with van der Waals surface area (Å²) in [5.74, 6) is 1.04. The molecular weight excluding hydrogens is 364 g/mol. The van der Waals surface area contributed by atoms with E-state index >= 15 is 0 Å². The van der Waals surface area contributed by atoms with Crippen molar-refractivity contribution in [1.29, 1.82) is 0 Å². The van der Waals surface area contributed by atoms with Crippen molar-refractivity contribution in [1.82, 2.24) is 15.6 Å². The maximum atomic E-state index is 6.29. The molecule has 1 aromatic rings. The number of hydrogen-bond donors (Lipinski definition) is 2. The quantitative estimate of drug-likeness (QED) is 0.418. The molecule has 1 fully saturated rings. The number of benzene rings is 1. The van der Waals surface area contributed by atoms with Gasteiger partial charge in [-0.15, -0.1) is 0 Å². The number of rotatable bonds is 7. The number of thiocarbonyl (C=S) groups is 1. The summed E-state index contributed by atoms with van der Waals surface area (Å²) in [4.78, 5) is 2.33. The first kappa shape index (κ1) is 19.7. The lowest BCUT2D eigenvalue weighted by Crippen LogP contribution is -2.42. The third kappa shape index (κ3) is 6.00. The summed E-state index contributed by atoms with van der Waals surface area (Å²) in [6.45, 7) is 5.16. The first-order chi connectivity index (χ1) is 12.2. The lowest BCUT2D eigenvalue weighted by molar-refractivity contribution is 0.0389. The van der Waals surface area contributed by atoms with Gasteiger partial charge < -0.3 is 19.5 Å². The number of hydrogen-bond acceptors (Lipinski definition) is 6. The third-order valence-electron chi connectivity index (χ3n) is 3.70. The molecule has 0 unspecified atom stereocenters. The molecule has 0 amide bonds. The topological polar surface area (TPSA) is 67.4 Å². The average molecular weight is 387 g/mol. The average Bonchev–Trinajstić information content (AvgIpc) is 2.63. The highest BCUT2D eigenvalue weighted by atomic mass is 35.5. The van der Waals surface area contributed by atoms with Gasteiger partial charge in [0.2, 0.25) is 0 Å². The second kappa shape index (κ2) is 10.4. The Bertz CT molecular complexity index is 609. The number of hydrazone groups is 1. The van der Waals surface area contributed by atoms with Crippen LogP contribution < -0.4 is 20.2 Å². The zero-order chi connectivity index (χ0) is 18.1. The zero-order valence-electron chi connectivity index (χ0n) is 14.4. The summed E-state index contributed by atoms with van der Waals surface area (Å²) in [6.07, 6.45) is 1.58. The number of nitrogens with one attached hydrogen (secondary N) is 2. The van der Waals surface area contributed by atoms with Crippen LogP contribution in [-0.2, 0) is 4.74 Å². The van der Waals surface area contributed by atoms with E-state index in [9.17, 15) is 0 Å². The molecular formula is C16H23ClN4O3S. The van der Waals surface area contributed by atoms with Gasteiger partial charge in [-0.05, 0) is 24.4 Å². The van der Waals surface area contributed by atoms with Crippen LogP contribution in [0, 0.1) is 0 Å². The van der Waals surface area contributed by atoms with Crippen molar-refractivity contribution in [2.45, 2.75) is 0 Å². The molecule has 25 heavy (non-hydrogen) atoms. The second-order valence-corrected chi connectivity index (χ2v) is 6.07. The molecule has 2 N–H and O–H groups in total. The van der Waals surface area contributed by atoms with Crippen molar-refractivity contribution in [3.63, 3.8) is 0 Å². The molecule has 9 heteroatoms. The highest BCUT2D eigenvalue weighted by molar-refractivity contribution is 7.80. The smallest absolute Gasteiger partial charge is 0.187 e. The Morgan fingerprint density at radius 3 is 2.80 bits per heavy atom. The maximum absolute atomic E-state index is 6.29. The van der Waals surface area contributed by atoms with Gasteiger partial charge >= 0.3 is 0 Å². The van der Waals surface area contributed by atoms with E-state index in [0.29, 0.717) is 27.2 Å². The molecule has 1 heterocycles. The van der Waals surface area contributed by atoms with Gasteiger partial charge in [-0.1, -0.05) is 11.6 Å². The molecule has 0 atom stereocenters. The van der Waals surface area contributed by atoms with E-state index in [4.69, 9.17) is 38.0 Å². The molecule has 0 bridgehead atoms. The van der Waals surface area contributed by atoms with Gasteiger partial charge in [0, 0.05) is 31.7 Å². The molecule has 0 saturated carbocycles. The van der Waals surface area contributed by atoms with Gasteiger partial charge in [-0.25, -0.2) is 0 Å². The Morgan fingerprint density at radius 2 is 2.12 bits per heavy atom. The van der Waals surface area contributed by atoms with Crippen molar-refractivity contribution >= 4 is 35.1 Å². The van der Waals surface area contributed by atoms with Crippen LogP contribution in [0.4, 0.5) is 0 Å². The summed E-state index contributed by atoms with van der Waals surface area (Å²) in [6, 6.07) is 3.56. The third-order valence-corrected chi connectivity index (χ3v) is 4.33. The molecule has 0 aromatic heterocycles. The van der Waals surface area contributed by atoms with Crippen LogP contribution in [0.2, 0.25) is 5.02 Å². The molecule has 1 aromatic carbocycles. The zero-order valence-corrected chi connectivity index (χ0v) is 16.0. The van der Waals surface area contributed by atoms with Crippen LogP contribution in [-0.4, -0.2) is 69.8 Å². The standard InChI is InChI=1S/C16H23ClN4O3S/c1-22-13-4-3-12(14(17)15(13)23-2)11-19-20-16(25)18-5-6-21-7-9-24-10-8-21/h3-4,11H,5-10H2,1-2H3,(H2,18,20,25)/b19-11+. The first-order valence-corrected chi connectivity index (χ1v) is 8.71. The van der Waals surface area contributed by atoms with E-state index in [-0.39, 0.29) is 0 Å². The second-order valence-electron chi connectivity index (χ2n) is 5.28. The van der Waals surface area contributed by atoms with Crippen molar-refractivity contribution < 1.29 is 14.2 Å². The number of nitrogens with zero attached hydrogens (tertiary/aromatic N) is 2. The fourth-order valence-corrected chi connectivity index (χ4v) is 2.79. The van der Waals surface area contributed by atoms with E-state index in [1.807, 2.05) is 0 Å². The van der Waals surface area contributed by atoms with Gasteiger partial charge in [0.15, 0.2) is 16.6 Å².